The Labute approximate surface area is 239 Å². The zero-order chi connectivity index (χ0) is 29.3. The lowest BCUT2D eigenvalue weighted by molar-refractivity contribution is -0.139. The SMILES string of the molecule is CCCNC(=O)[C@H](CC)N(CCc1ccccc1)C(=O)CN(c1cccc(C)c1C)S(=O)(=O)c1ccc(C)cc1. The van der Waals surface area contributed by atoms with Crippen LogP contribution in [0, 0.1) is 20.8 Å². The first-order valence-corrected chi connectivity index (χ1v) is 15.3. The third-order valence-corrected chi connectivity index (χ3v) is 8.93. The van der Waals surface area contributed by atoms with Crippen LogP contribution in [0.1, 0.15) is 48.9 Å². The molecule has 8 heteroatoms. The molecule has 3 aromatic carbocycles. The molecule has 214 valence electrons. The number of carbonyl (C=O) groups excluding carboxylic acids is 2. The molecule has 40 heavy (non-hydrogen) atoms. The molecule has 0 bridgehead atoms. The third-order valence-electron chi connectivity index (χ3n) is 7.15. The zero-order valence-electron chi connectivity index (χ0n) is 24.2. The Morgan fingerprint density at radius 2 is 1.55 bits per heavy atom. The smallest absolute Gasteiger partial charge is 0.264 e. The van der Waals surface area contributed by atoms with Crippen LogP contribution in [0.3, 0.4) is 0 Å². The fourth-order valence-corrected chi connectivity index (χ4v) is 6.09. The number of hydrogen-bond acceptors (Lipinski definition) is 4. The van der Waals surface area contributed by atoms with Crippen LogP contribution in [-0.4, -0.2) is 50.8 Å². The number of nitrogens with one attached hydrogen (secondary N) is 1. The second-order valence-electron chi connectivity index (χ2n) is 10.1. The molecule has 0 fully saturated rings. The van der Waals surface area contributed by atoms with Gasteiger partial charge in [-0.1, -0.05) is 74.0 Å². The van der Waals surface area contributed by atoms with Crippen LogP contribution in [-0.2, 0) is 26.0 Å². The van der Waals surface area contributed by atoms with Crippen molar-refractivity contribution >= 4 is 27.5 Å². The average Bonchev–Trinajstić information content (AvgIpc) is 2.95. The van der Waals surface area contributed by atoms with E-state index in [2.05, 4.69) is 5.32 Å². The van der Waals surface area contributed by atoms with Crippen molar-refractivity contribution < 1.29 is 18.0 Å². The third kappa shape index (κ3) is 7.50. The van der Waals surface area contributed by atoms with Gasteiger partial charge in [-0.25, -0.2) is 8.42 Å². The molecule has 0 saturated carbocycles. The number of hydrogen-bond donors (Lipinski definition) is 1. The van der Waals surface area contributed by atoms with Crippen molar-refractivity contribution in [2.75, 3.05) is 23.9 Å². The van der Waals surface area contributed by atoms with Crippen LogP contribution in [0.25, 0.3) is 0 Å². The average molecular weight is 564 g/mol. The van der Waals surface area contributed by atoms with Crippen molar-refractivity contribution in [3.63, 3.8) is 0 Å². The van der Waals surface area contributed by atoms with Crippen LogP contribution in [0.4, 0.5) is 5.69 Å². The van der Waals surface area contributed by atoms with Gasteiger partial charge < -0.3 is 10.2 Å². The lowest BCUT2D eigenvalue weighted by atomic mass is 10.1. The molecule has 3 aromatic rings. The molecule has 0 aliphatic carbocycles. The summed E-state index contributed by atoms with van der Waals surface area (Å²) in [4.78, 5) is 28.9. The van der Waals surface area contributed by atoms with E-state index in [-0.39, 0.29) is 17.3 Å². The van der Waals surface area contributed by atoms with Crippen LogP contribution < -0.4 is 9.62 Å². The highest BCUT2D eigenvalue weighted by molar-refractivity contribution is 7.92. The summed E-state index contributed by atoms with van der Waals surface area (Å²) in [6.07, 6.45) is 1.72. The van der Waals surface area contributed by atoms with Gasteiger partial charge in [0.1, 0.15) is 12.6 Å². The Kier molecular flexibility index (Phi) is 10.9. The minimum Gasteiger partial charge on any atom is -0.354 e. The van der Waals surface area contributed by atoms with E-state index in [1.807, 2.05) is 71.0 Å². The van der Waals surface area contributed by atoms with Crippen molar-refractivity contribution in [1.29, 1.82) is 0 Å². The van der Waals surface area contributed by atoms with Gasteiger partial charge in [0, 0.05) is 13.1 Å². The molecule has 1 N–H and O–H groups in total. The fraction of sp³-hybridized carbons (Fsp3) is 0.375. The zero-order valence-corrected chi connectivity index (χ0v) is 25.0. The van der Waals surface area contributed by atoms with E-state index in [1.54, 1.807) is 41.3 Å². The monoisotopic (exact) mass is 563 g/mol. The topological polar surface area (TPSA) is 86.8 Å². The van der Waals surface area contributed by atoms with Crippen molar-refractivity contribution in [3.05, 3.63) is 95.1 Å². The number of anilines is 1. The largest absolute Gasteiger partial charge is 0.354 e. The highest BCUT2D eigenvalue weighted by atomic mass is 32.2. The van der Waals surface area contributed by atoms with E-state index < -0.39 is 28.5 Å². The molecular weight excluding hydrogens is 522 g/mol. The summed E-state index contributed by atoms with van der Waals surface area (Å²) in [5.41, 5.74) is 4.10. The number of aryl methyl sites for hydroxylation is 2. The summed E-state index contributed by atoms with van der Waals surface area (Å²) in [6.45, 7) is 9.86. The number of amides is 2. The van der Waals surface area contributed by atoms with Gasteiger partial charge in [0.15, 0.2) is 0 Å². The van der Waals surface area contributed by atoms with Crippen molar-refractivity contribution in [2.45, 2.75) is 64.8 Å². The van der Waals surface area contributed by atoms with Gasteiger partial charge >= 0.3 is 0 Å². The normalized spacial score (nSPS) is 12.0. The summed E-state index contributed by atoms with van der Waals surface area (Å²) in [7, 11) is -4.09. The molecule has 0 aromatic heterocycles. The quantitative estimate of drug-likeness (QED) is 0.310. The van der Waals surface area contributed by atoms with E-state index >= 15 is 0 Å². The molecule has 0 heterocycles. The molecule has 0 aliphatic heterocycles. The molecule has 3 rings (SSSR count). The van der Waals surface area contributed by atoms with Gasteiger partial charge in [0.2, 0.25) is 11.8 Å². The van der Waals surface area contributed by atoms with Crippen LogP contribution >= 0.6 is 0 Å². The highest BCUT2D eigenvalue weighted by Gasteiger charge is 2.34. The second kappa shape index (κ2) is 14.1. The lowest BCUT2D eigenvalue weighted by Gasteiger charge is -2.33. The van der Waals surface area contributed by atoms with Crippen molar-refractivity contribution in [1.82, 2.24) is 10.2 Å². The summed E-state index contributed by atoms with van der Waals surface area (Å²) in [5, 5.41) is 2.92. The van der Waals surface area contributed by atoms with Gasteiger partial charge in [-0.15, -0.1) is 0 Å². The van der Waals surface area contributed by atoms with Gasteiger partial charge in [-0.05, 0) is 74.9 Å². The van der Waals surface area contributed by atoms with E-state index in [4.69, 9.17) is 0 Å². The van der Waals surface area contributed by atoms with E-state index in [0.29, 0.717) is 25.1 Å². The number of benzene rings is 3. The first-order valence-electron chi connectivity index (χ1n) is 13.9. The molecule has 0 saturated heterocycles. The molecule has 2 amide bonds. The molecule has 0 unspecified atom stereocenters. The Balaban J connectivity index is 2.04. The first-order chi connectivity index (χ1) is 19.1. The summed E-state index contributed by atoms with van der Waals surface area (Å²) in [5.74, 6) is -0.656. The lowest BCUT2D eigenvalue weighted by Crippen LogP contribution is -2.53. The molecule has 1 atom stereocenters. The Morgan fingerprint density at radius 3 is 2.17 bits per heavy atom. The Bertz CT molecular complexity index is 1390. The van der Waals surface area contributed by atoms with Gasteiger partial charge in [0.05, 0.1) is 10.6 Å². The molecular formula is C32H41N3O4S. The van der Waals surface area contributed by atoms with E-state index in [0.717, 1.165) is 28.7 Å². The maximum absolute atomic E-state index is 14.1. The predicted octanol–water partition coefficient (Wildman–Crippen LogP) is 5.18. The van der Waals surface area contributed by atoms with Gasteiger partial charge in [-0.2, -0.15) is 0 Å². The van der Waals surface area contributed by atoms with Gasteiger partial charge in [0.25, 0.3) is 10.0 Å². The fourth-order valence-electron chi connectivity index (χ4n) is 4.62. The maximum atomic E-state index is 14.1. The van der Waals surface area contributed by atoms with Crippen LogP contribution in [0.2, 0.25) is 0 Å². The Hall–Kier alpha value is -3.65. The number of rotatable bonds is 13. The van der Waals surface area contributed by atoms with Gasteiger partial charge in [-0.3, -0.25) is 13.9 Å². The van der Waals surface area contributed by atoms with Crippen molar-refractivity contribution in [3.8, 4) is 0 Å². The second-order valence-corrected chi connectivity index (χ2v) is 11.9. The number of carbonyl (C=O) groups is 2. The van der Waals surface area contributed by atoms with Crippen LogP contribution in [0.15, 0.2) is 77.7 Å². The number of nitrogens with zero attached hydrogens (tertiary/aromatic N) is 2. The first kappa shape index (κ1) is 30.9. The molecule has 7 nitrogen and oxygen atoms in total. The molecule has 0 aliphatic rings. The minimum atomic E-state index is -4.09. The van der Waals surface area contributed by atoms with Crippen molar-refractivity contribution in [2.24, 2.45) is 0 Å². The summed E-state index contributed by atoms with van der Waals surface area (Å²) in [6, 6.07) is 21.1. The van der Waals surface area contributed by atoms with E-state index in [9.17, 15) is 18.0 Å². The highest BCUT2D eigenvalue weighted by Crippen LogP contribution is 2.29. The Morgan fingerprint density at radius 1 is 0.875 bits per heavy atom. The maximum Gasteiger partial charge on any atom is 0.264 e. The summed E-state index contributed by atoms with van der Waals surface area (Å²) >= 11 is 0. The van der Waals surface area contributed by atoms with E-state index in [1.165, 1.54) is 4.31 Å². The van der Waals surface area contributed by atoms with Crippen LogP contribution in [0.5, 0.6) is 0 Å². The summed E-state index contributed by atoms with van der Waals surface area (Å²) < 4.78 is 29.3. The molecule has 0 spiro atoms. The minimum absolute atomic E-state index is 0.107. The standard InChI is InChI=1S/C32H41N3O4S/c1-6-21-33-32(37)29(7-2)34(22-20-27-13-9-8-10-14-27)31(36)23-35(30-15-11-12-25(4)26(30)5)40(38,39)28-18-16-24(3)17-19-28/h8-19,29H,6-7,20-23H2,1-5H3,(H,33,37)/t29-/m0/s1. The number of sulfonamides is 1. The predicted molar refractivity (Wildman–Crippen MR) is 161 cm³/mol. The molecule has 0 radical (unpaired) electrons.